The van der Waals surface area contributed by atoms with Gasteiger partial charge in [0.25, 0.3) is 0 Å². The van der Waals surface area contributed by atoms with Gasteiger partial charge in [0, 0.05) is 6.20 Å². The lowest BCUT2D eigenvalue weighted by Gasteiger charge is -2.05. The van der Waals surface area contributed by atoms with Crippen LogP contribution in [0.25, 0.3) is 0 Å². The van der Waals surface area contributed by atoms with Crippen molar-refractivity contribution in [1.29, 1.82) is 0 Å². The Labute approximate surface area is 90.3 Å². The molecule has 0 atom stereocenters. The van der Waals surface area contributed by atoms with Crippen molar-refractivity contribution in [3.8, 4) is 0 Å². The molecule has 0 aliphatic heterocycles. The summed E-state index contributed by atoms with van der Waals surface area (Å²) >= 11 is 0. The first-order valence-electron chi connectivity index (χ1n) is 4.44. The van der Waals surface area contributed by atoms with E-state index in [-0.39, 0.29) is 18.9 Å². The molecule has 86 valence electrons. The zero-order chi connectivity index (χ0) is 12.0. The van der Waals surface area contributed by atoms with Crippen molar-refractivity contribution < 1.29 is 9.59 Å². The minimum Gasteiger partial charge on any atom is -0.346 e. The summed E-state index contributed by atoms with van der Waals surface area (Å²) in [6.07, 6.45) is 1.26. The van der Waals surface area contributed by atoms with Gasteiger partial charge in [-0.05, 0) is 6.07 Å². The molecule has 0 aliphatic carbocycles. The van der Waals surface area contributed by atoms with Gasteiger partial charge in [0.2, 0.25) is 11.8 Å². The normalized spacial score (nSPS) is 9.56. The van der Waals surface area contributed by atoms with E-state index in [2.05, 4.69) is 20.6 Å². The molecule has 1 rings (SSSR count). The van der Waals surface area contributed by atoms with Crippen molar-refractivity contribution >= 4 is 17.6 Å². The fraction of sp³-hybridized carbons (Fsp3) is 0.250. The summed E-state index contributed by atoms with van der Waals surface area (Å²) in [6.45, 7) is -0.389. The van der Waals surface area contributed by atoms with Gasteiger partial charge in [-0.2, -0.15) is 0 Å². The van der Waals surface area contributed by atoms with Gasteiger partial charge in [0.1, 0.15) is 5.82 Å². The first kappa shape index (κ1) is 11.9. The molecule has 8 nitrogen and oxygen atoms in total. The molecule has 1 heterocycles. The maximum absolute atomic E-state index is 11.2. The minimum atomic E-state index is -0.566. The maximum atomic E-state index is 11.2. The number of carbonyl (C=O) groups excluding carboxylic acids is 2. The number of carbonyl (C=O) groups is 2. The summed E-state index contributed by atoms with van der Waals surface area (Å²) in [7, 11) is 0. The Morgan fingerprint density at radius 1 is 1.44 bits per heavy atom. The van der Waals surface area contributed by atoms with Crippen LogP contribution < -0.4 is 22.1 Å². The Hall–Kier alpha value is -2.22. The molecule has 0 radical (unpaired) electrons. The van der Waals surface area contributed by atoms with Crippen LogP contribution in [-0.4, -0.2) is 34.9 Å². The van der Waals surface area contributed by atoms with Crippen molar-refractivity contribution in [2.75, 3.05) is 18.4 Å². The van der Waals surface area contributed by atoms with Gasteiger partial charge in [-0.15, -0.1) is 0 Å². The lowest BCUT2D eigenvalue weighted by atomic mass is 10.5. The van der Waals surface area contributed by atoms with Crippen molar-refractivity contribution in [3.05, 3.63) is 22.7 Å². The number of anilines is 1. The molecule has 1 aromatic heterocycles. The van der Waals surface area contributed by atoms with Crippen LogP contribution in [0.3, 0.4) is 0 Å². The van der Waals surface area contributed by atoms with E-state index in [0.29, 0.717) is 0 Å². The highest BCUT2D eigenvalue weighted by atomic mass is 16.2. The van der Waals surface area contributed by atoms with Crippen molar-refractivity contribution in [2.45, 2.75) is 0 Å². The molecular weight excluding hydrogens is 214 g/mol. The number of nitrogens with zero attached hydrogens (tertiary/aromatic N) is 1. The minimum absolute atomic E-state index is 0.181. The van der Waals surface area contributed by atoms with E-state index < -0.39 is 17.5 Å². The monoisotopic (exact) mass is 225 g/mol. The van der Waals surface area contributed by atoms with Gasteiger partial charge in [0.05, 0.1) is 13.1 Å². The highest BCUT2D eigenvalue weighted by Gasteiger charge is 2.04. The van der Waals surface area contributed by atoms with Crippen LogP contribution in [0.4, 0.5) is 5.82 Å². The first-order chi connectivity index (χ1) is 7.61. The molecule has 2 amide bonds. The molecule has 1 aromatic rings. The molecule has 16 heavy (non-hydrogen) atoms. The SMILES string of the molecule is NCC(=O)NCC(=O)Nc1ccnc(=O)[nH]1. The summed E-state index contributed by atoms with van der Waals surface area (Å²) < 4.78 is 0. The van der Waals surface area contributed by atoms with Crippen LogP contribution in [0.1, 0.15) is 0 Å². The van der Waals surface area contributed by atoms with Gasteiger partial charge in [-0.1, -0.05) is 0 Å². The topological polar surface area (TPSA) is 130 Å². The average molecular weight is 225 g/mol. The average Bonchev–Trinajstić information content (AvgIpc) is 2.26. The molecule has 0 aromatic carbocycles. The smallest absolute Gasteiger partial charge is 0.346 e. The van der Waals surface area contributed by atoms with Crippen molar-refractivity contribution in [1.82, 2.24) is 15.3 Å². The largest absolute Gasteiger partial charge is 0.346 e. The van der Waals surface area contributed by atoms with E-state index in [9.17, 15) is 14.4 Å². The molecule has 0 unspecified atom stereocenters. The molecule has 5 N–H and O–H groups in total. The Morgan fingerprint density at radius 2 is 2.19 bits per heavy atom. The Morgan fingerprint density at radius 3 is 2.81 bits per heavy atom. The number of rotatable bonds is 4. The summed E-state index contributed by atoms with van der Waals surface area (Å²) in [5.74, 6) is -0.686. The molecular formula is C8H11N5O3. The number of aromatic nitrogens is 2. The van der Waals surface area contributed by atoms with Gasteiger partial charge in [-0.25, -0.2) is 9.78 Å². The van der Waals surface area contributed by atoms with Gasteiger partial charge in [-0.3, -0.25) is 14.6 Å². The number of nitrogens with one attached hydrogen (secondary N) is 3. The van der Waals surface area contributed by atoms with E-state index in [0.717, 1.165) is 0 Å². The van der Waals surface area contributed by atoms with Crippen LogP contribution in [0, 0.1) is 0 Å². The van der Waals surface area contributed by atoms with E-state index in [1.165, 1.54) is 12.3 Å². The molecule has 0 aliphatic rings. The fourth-order valence-electron chi connectivity index (χ4n) is 0.887. The summed E-state index contributed by atoms with van der Waals surface area (Å²) in [5, 5.41) is 4.66. The highest BCUT2D eigenvalue weighted by molar-refractivity contribution is 5.93. The van der Waals surface area contributed by atoms with Gasteiger partial charge >= 0.3 is 5.69 Å². The number of aromatic amines is 1. The summed E-state index contributed by atoms with van der Waals surface area (Å²) in [5.41, 5.74) is 4.47. The predicted molar refractivity (Wildman–Crippen MR) is 55.6 cm³/mol. The second-order valence-corrected chi connectivity index (χ2v) is 2.82. The number of amides is 2. The van der Waals surface area contributed by atoms with Crippen LogP contribution >= 0.6 is 0 Å². The molecule has 0 bridgehead atoms. The zero-order valence-corrected chi connectivity index (χ0v) is 8.32. The van der Waals surface area contributed by atoms with E-state index in [1.807, 2.05) is 0 Å². The third-order valence-electron chi connectivity index (χ3n) is 1.58. The van der Waals surface area contributed by atoms with Crippen LogP contribution in [0.5, 0.6) is 0 Å². The zero-order valence-electron chi connectivity index (χ0n) is 8.32. The second kappa shape index (κ2) is 5.61. The van der Waals surface area contributed by atoms with E-state index in [4.69, 9.17) is 5.73 Å². The first-order valence-corrected chi connectivity index (χ1v) is 4.44. The standard InChI is InChI=1S/C8H11N5O3/c9-3-6(14)11-4-7(15)12-5-1-2-10-8(16)13-5/h1-2H,3-4,9H2,(H,11,14)(H2,10,12,13,15,16). The Balaban J connectivity index is 2.46. The quantitative estimate of drug-likeness (QED) is 0.461. The van der Waals surface area contributed by atoms with E-state index in [1.54, 1.807) is 0 Å². The maximum Gasteiger partial charge on any atom is 0.346 e. The predicted octanol–water partition coefficient (Wildman–Crippen LogP) is -2.22. The lowest BCUT2D eigenvalue weighted by Crippen LogP contribution is -2.36. The number of H-pyrrole nitrogens is 1. The summed E-state index contributed by atoms with van der Waals surface area (Å²) in [4.78, 5) is 38.4. The molecule has 0 fully saturated rings. The van der Waals surface area contributed by atoms with Crippen LogP contribution in [-0.2, 0) is 9.59 Å². The van der Waals surface area contributed by atoms with E-state index >= 15 is 0 Å². The van der Waals surface area contributed by atoms with Crippen molar-refractivity contribution in [3.63, 3.8) is 0 Å². The third-order valence-corrected chi connectivity index (χ3v) is 1.58. The summed E-state index contributed by atoms with van der Waals surface area (Å²) in [6, 6.07) is 1.42. The molecule has 0 spiro atoms. The second-order valence-electron chi connectivity index (χ2n) is 2.82. The van der Waals surface area contributed by atoms with Crippen LogP contribution in [0.2, 0.25) is 0 Å². The molecule has 0 saturated carbocycles. The highest BCUT2D eigenvalue weighted by Crippen LogP contribution is 1.94. The third kappa shape index (κ3) is 3.88. The van der Waals surface area contributed by atoms with Gasteiger partial charge in [0.15, 0.2) is 0 Å². The lowest BCUT2D eigenvalue weighted by molar-refractivity contribution is -0.123. The van der Waals surface area contributed by atoms with Gasteiger partial charge < -0.3 is 16.4 Å². The number of hydrogen-bond donors (Lipinski definition) is 4. The number of nitrogens with two attached hydrogens (primary N) is 1. The van der Waals surface area contributed by atoms with Crippen LogP contribution in [0.15, 0.2) is 17.1 Å². The molecule has 0 saturated heterocycles. The fourth-order valence-corrected chi connectivity index (χ4v) is 0.887. The van der Waals surface area contributed by atoms with Crippen molar-refractivity contribution in [2.24, 2.45) is 5.73 Å². The Bertz CT molecular complexity index is 441. The molecule has 8 heteroatoms. The Kier molecular flexibility index (Phi) is 4.16. The number of hydrogen-bond acceptors (Lipinski definition) is 5.